The molecule has 16 heavy (non-hydrogen) atoms. The number of nitro benzene ring substituents is 1. The van der Waals surface area contributed by atoms with E-state index in [0.717, 1.165) is 18.2 Å². The fourth-order valence-electron chi connectivity index (χ4n) is 1.09. The van der Waals surface area contributed by atoms with Gasteiger partial charge in [-0.2, -0.15) is 0 Å². The number of hydrogen-bond acceptors (Lipinski definition) is 4. The maximum atomic E-state index is 10.6. The number of aromatic carboxylic acids is 2. The molecule has 0 aromatic heterocycles. The molecule has 8 heteroatoms. The summed E-state index contributed by atoms with van der Waals surface area (Å²) >= 11 is 0. The topological polar surface area (TPSA) is 118 Å². The van der Waals surface area contributed by atoms with E-state index < -0.39 is 33.7 Å². The maximum absolute atomic E-state index is 10.6. The Labute approximate surface area is 111 Å². The zero-order valence-electron chi connectivity index (χ0n) is 8.21. The van der Waals surface area contributed by atoms with E-state index in [1.54, 1.807) is 0 Å². The molecular weight excluding hydrogens is 229 g/mol. The second kappa shape index (κ2) is 5.59. The number of benzene rings is 1. The van der Waals surface area contributed by atoms with Crippen LogP contribution in [0.2, 0.25) is 0 Å². The molecule has 2 N–H and O–H groups in total. The van der Waals surface area contributed by atoms with Crippen LogP contribution in [0, 0.1) is 10.1 Å². The van der Waals surface area contributed by atoms with Gasteiger partial charge in [-0.15, -0.1) is 0 Å². The SMILES string of the molecule is O=C(O)c1cccc(C(=O)O)c1[N+](=O)[O-].[Na]. The fourth-order valence-corrected chi connectivity index (χ4v) is 1.09. The average Bonchev–Trinajstić information content (AvgIpc) is 2.16. The standard InChI is InChI=1S/C8H5NO6.Na/c10-7(11)4-2-1-3-5(8(12)13)6(4)9(14)15;/h1-3H,(H,10,11)(H,12,13);. The van der Waals surface area contributed by atoms with Crippen molar-refractivity contribution in [1.82, 2.24) is 0 Å². The van der Waals surface area contributed by atoms with Crippen molar-refractivity contribution in [3.8, 4) is 0 Å². The Morgan fingerprint density at radius 3 is 1.75 bits per heavy atom. The van der Waals surface area contributed by atoms with Gasteiger partial charge in [0.05, 0.1) is 4.92 Å². The van der Waals surface area contributed by atoms with Gasteiger partial charge >= 0.3 is 11.9 Å². The smallest absolute Gasteiger partial charge is 0.342 e. The molecule has 0 fully saturated rings. The van der Waals surface area contributed by atoms with Gasteiger partial charge in [0.2, 0.25) is 0 Å². The van der Waals surface area contributed by atoms with Crippen LogP contribution in [0.5, 0.6) is 0 Å². The number of rotatable bonds is 3. The van der Waals surface area contributed by atoms with E-state index in [0.29, 0.717) is 0 Å². The van der Waals surface area contributed by atoms with Crippen molar-refractivity contribution in [2.75, 3.05) is 0 Å². The van der Waals surface area contributed by atoms with E-state index in [1.807, 2.05) is 0 Å². The molecule has 7 nitrogen and oxygen atoms in total. The van der Waals surface area contributed by atoms with Crippen LogP contribution in [0.15, 0.2) is 18.2 Å². The Morgan fingerprint density at radius 2 is 1.50 bits per heavy atom. The van der Waals surface area contributed by atoms with Crippen LogP contribution in [0.4, 0.5) is 5.69 Å². The third-order valence-corrected chi connectivity index (χ3v) is 1.68. The van der Waals surface area contributed by atoms with E-state index in [4.69, 9.17) is 10.2 Å². The average molecular weight is 234 g/mol. The third-order valence-electron chi connectivity index (χ3n) is 1.68. The zero-order chi connectivity index (χ0) is 11.6. The van der Waals surface area contributed by atoms with Crippen molar-refractivity contribution in [3.63, 3.8) is 0 Å². The molecule has 0 saturated heterocycles. The fraction of sp³-hybridized carbons (Fsp3) is 0. The summed E-state index contributed by atoms with van der Waals surface area (Å²) in [7, 11) is 0. The molecule has 0 aliphatic rings. The predicted molar refractivity (Wildman–Crippen MR) is 52.8 cm³/mol. The normalized spacial score (nSPS) is 9.00. The summed E-state index contributed by atoms with van der Waals surface area (Å²) in [4.78, 5) is 30.7. The van der Waals surface area contributed by atoms with Crippen molar-refractivity contribution in [2.24, 2.45) is 0 Å². The van der Waals surface area contributed by atoms with E-state index in [9.17, 15) is 19.7 Å². The van der Waals surface area contributed by atoms with Crippen molar-refractivity contribution in [3.05, 3.63) is 39.4 Å². The predicted octanol–water partition coefficient (Wildman–Crippen LogP) is 0.610. The Bertz CT molecular complexity index is 426. The summed E-state index contributed by atoms with van der Waals surface area (Å²) in [6.07, 6.45) is 0. The molecule has 0 atom stereocenters. The monoisotopic (exact) mass is 234 g/mol. The summed E-state index contributed by atoms with van der Waals surface area (Å²) < 4.78 is 0. The molecule has 1 aromatic rings. The maximum Gasteiger partial charge on any atom is 0.342 e. The second-order valence-corrected chi connectivity index (χ2v) is 2.57. The van der Waals surface area contributed by atoms with Crippen molar-refractivity contribution >= 4 is 47.2 Å². The van der Waals surface area contributed by atoms with Gasteiger partial charge in [0.15, 0.2) is 0 Å². The van der Waals surface area contributed by atoms with E-state index in [1.165, 1.54) is 0 Å². The number of para-hydroxylation sites is 1. The molecular formula is C8H5NNaO6. The Kier molecular flexibility index (Phi) is 5.09. The van der Waals surface area contributed by atoms with E-state index in [2.05, 4.69) is 0 Å². The van der Waals surface area contributed by atoms with Gasteiger partial charge in [-0.1, -0.05) is 6.07 Å². The first-order chi connectivity index (χ1) is 6.95. The van der Waals surface area contributed by atoms with Gasteiger partial charge in [0.25, 0.3) is 5.69 Å². The number of carbonyl (C=O) groups is 2. The molecule has 1 rings (SSSR count). The number of nitro groups is 1. The Balaban J connectivity index is 0.00000225. The minimum absolute atomic E-state index is 0. The molecule has 0 aliphatic carbocycles. The van der Waals surface area contributed by atoms with Crippen LogP contribution < -0.4 is 0 Å². The molecule has 0 unspecified atom stereocenters. The van der Waals surface area contributed by atoms with Crippen LogP contribution in [-0.4, -0.2) is 56.6 Å². The van der Waals surface area contributed by atoms with Gasteiger partial charge in [0, 0.05) is 29.6 Å². The first kappa shape index (κ1) is 14.6. The minimum atomic E-state index is -1.54. The van der Waals surface area contributed by atoms with Crippen LogP contribution in [-0.2, 0) is 0 Å². The number of hydrogen-bond donors (Lipinski definition) is 2. The molecule has 1 radical (unpaired) electrons. The van der Waals surface area contributed by atoms with Crippen molar-refractivity contribution in [2.45, 2.75) is 0 Å². The second-order valence-electron chi connectivity index (χ2n) is 2.57. The summed E-state index contributed by atoms with van der Waals surface area (Å²) in [5, 5.41) is 27.8. The quantitative estimate of drug-likeness (QED) is 0.449. The first-order valence-electron chi connectivity index (χ1n) is 3.69. The summed E-state index contributed by atoms with van der Waals surface area (Å²) in [6, 6.07) is 3.10. The van der Waals surface area contributed by atoms with Gasteiger partial charge in [-0.25, -0.2) is 9.59 Å². The van der Waals surface area contributed by atoms with Crippen LogP contribution in [0.25, 0.3) is 0 Å². The number of carboxylic acid groups (broad SMARTS) is 2. The number of carboxylic acids is 2. The molecule has 0 amide bonds. The van der Waals surface area contributed by atoms with Gasteiger partial charge in [0.1, 0.15) is 11.1 Å². The van der Waals surface area contributed by atoms with Gasteiger partial charge in [-0.05, 0) is 12.1 Å². The molecule has 0 spiro atoms. The third kappa shape index (κ3) is 2.78. The molecule has 79 valence electrons. The van der Waals surface area contributed by atoms with Crippen LogP contribution in [0.1, 0.15) is 20.7 Å². The van der Waals surface area contributed by atoms with Crippen molar-refractivity contribution in [1.29, 1.82) is 0 Å². The van der Waals surface area contributed by atoms with E-state index >= 15 is 0 Å². The van der Waals surface area contributed by atoms with E-state index in [-0.39, 0.29) is 29.6 Å². The Morgan fingerprint density at radius 1 is 1.12 bits per heavy atom. The van der Waals surface area contributed by atoms with Gasteiger partial charge < -0.3 is 10.2 Å². The van der Waals surface area contributed by atoms with Crippen molar-refractivity contribution < 1.29 is 24.7 Å². The largest absolute Gasteiger partial charge is 0.477 e. The molecule has 0 aliphatic heterocycles. The van der Waals surface area contributed by atoms with Crippen LogP contribution >= 0.6 is 0 Å². The molecule has 0 heterocycles. The minimum Gasteiger partial charge on any atom is -0.477 e. The molecule has 0 bridgehead atoms. The number of nitrogens with zero attached hydrogens (tertiary/aromatic N) is 1. The Hall–Kier alpha value is -1.44. The summed E-state index contributed by atoms with van der Waals surface area (Å²) in [5.41, 5.74) is -2.18. The summed E-state index contributed by atoms with van der Waals surface area (Å²) in [6.45, 7) is 0. The van der Waals surface area contributed by atoms with Crippen LogP contribution in [0.3, 0.4) is 0 Å². The zero-order valence-corrected chi connectivity index (χ0v) is 10.2. The van der Waals surface area contributed by atoms with Gasteiger partial charge in [-0.3, -0.25) is 10.1 Å². The summed E-state index contributed by atoms with van der Waals surface area (Å²) in [5.74, 6) is -3.07. The first-order valence-corrected chi connectivity index (χ1v) is 3.69. The molecule has 1 aromatic carbocycles. The molecule has 0 saturated carbocycles.